The average molecular weight is 502 g/mol. The van der Waals surface area contributed by atoms with Crippen LogP contribution in [0.1, 0.15) is 18.1 Å². The molecule has 6 nitrogen and oxygen atoms in total. The van der Waals surface area contributed by atoms with Crippen molar-refractivity contribution in [3.63, 3.8) is 0 Å². The van der Waals surface area contributed by atoms with Crippen LogP contribution < -0.4 is 9.91 Å². The van der Waals surface area contributed by atoms with Crippen LogP contribution in [0.3, 0.4) is 0 Å². The Kier molecular flexibility index (Phi) is 6.40. The third-order valence-corrected chi connectivity index (χ3v) is 8.16. The minimum absolute atomic E-state index is 0.157. The van der Waals surface area contributed by atoms with Crippen LogP contribution in [-0.4, -0.2) is 27.9 Å². The SMILES string of the molecule is CCOC(=O)C1=NN(c2ccc(C)cc2)[C@]2(S1)S/C(=C/c1ccccc1)C(=O)N2c1ccccc1. The van der Waals surface area contributed by atoms with Crippen LogP contribution in [0.15, 0.2) is 94.9 Å². The summed E-state index contributed by atoms with van der Waals surface area (Å²) in [6, 6.07) is 27.1. The first-order valence-corrected chi connectivity index (χ1v) is 12.8. The van der Waals surface area contributed by atoms with Gasteiger partial charge in [0.1, 0.15) is 0 Å². The minimum Gasteiger partial charge on any atom is -0.461 e. The average Bonchev–Trinajstić information content (AvgIpc) is 3.38. The van der Waals surface area contributed by atoms with Gasteiger partial charge in [0.2, 0.25) is 9.37 Å². The quantitative estimate of drug-likeness (QED) is 0.323. The Labute approximate surface area is 212 Å². The molecule has 0 bridgehead atoms. The van der Waals surface area contributed by atoms with Gasteiger partial charge in [-0.15, -0.1) is 0 Å². The van der Waals surface area contributed by atoms with Crippen molar-refractivity contribution in [3.05, 3.63) is 101 Å². The van der Waals surface area contributed by atoms with Gasteiger partial charge in [0, 0.05) is 5.69 Å². The number of carbonyl (C=O) groups excluding carboxylic acids is 2. The van der Waals surface area contributed by atoms with Crippen molar-refractivity contribution in [2.75, 3.05) is 16.5 Å². The molecule has 1 atom stereocenters. The number of carbonyl (C=O) groups is 2. The number of ether oxygens (including phenoxy) is 1. The number of anilines is 2. The molecule has 0 unspecified atom stereocenters. The smallest absolute Gasteiger partial charge is 0.365 e. The standard InChI is InChI=1S/C27H23N3O3S2/c1-3-33-26(32)24-28-30(22-16-14-19(2)15-17-22)27(35-24)29(21-12-8-5-9-13-21)25(31)23(34-27)18-20-10-6-4-7-11-20/h4-18H,3H2,1-2H3/b23-18+/t27-/m0/s1. The van der Waals surface area contributed by atoms with Crippen molar-refractivity contribution >= 4 is 57.9 Å². The van der Waals surface area contributed by atoms with E-state index in [1.807, 2.05) is 97.9 Å². The van der Waals surface area contributed by atoms with Crippen molar-refractivity contribution in [1.82, 2.24) is 0 Å². The normalized spacial score (nSPS) is 20.6. The highest BCUT2D eigenvalue weighted by Crippen LogP contribution is 2.59. The number of aryl methyl sites for hydroxylation is 1. The molecule has 0 aromatic heterocycles. The fraction of sp³-hybridized carbons (Fsp3) is 0.148. The predicted molar refractivity (Wildman–Crippen MR) is 144 cm³/mol. The Hall–Kier alpha value is -3.49. The highest BCUT2D eigenvalue weighted by atomic mass is 32.2. The maximum Gasteiger partial charge on any atom is 0.365 e. The van der Waals surface area contributed by atoms with Crippen molar-refractivity contribution in [3.8, 4) is 0 Å². The number of rotatable bonds is 5. The van der Waals surface area contributed by atoms with Crippen LogP contribution in [0.5, 0.6) is 0 Å². The van der Waals surface area contributed by atoms with Gasteiger partial charge in [0.05, 0.1) is 17.2 Å². The number of hydrazone groups is 1. The zero-order valence-electron chi connectivity index (χ0n) is 19.3. The Bertz CT molecular complexity index is 1310. The molecule has 0 saturated carbocycles. The highest BCUT2D eigenvalue weighted by Gasteiger charge is 2.60. The van der Waals surface area contributed by atoms with Crippen LogP contribution in [0, 0.1) is 6.92 Å². The van der Waals surface area contributed by atoms with Crippen molar-refractivity contribution < 1.29 is 14.3 Å². The van der Waals surface area contributed by atoms with Gasteiger partial charge in [-0.2, -0.15) is 5.10 Å². The van der Waals surface area contributed by atoms with Gasteiger partial charge in [-0.3, -0.25) is 9.69 Å². The maximum absolute atomic E-state index is 13.9. The van der Waals surface area contributed by atoms with Gasteiger partial charge in [0.15, 0.2) is 0 Å². The van der Waals surface area contributed by atoms with Crippen molar-refractivity contribution in [2.45, 2.75) is 18.2 Å². The Morgan fingerprint density at radius 1 is 0.943 bits per heavy atom. The van der Waals surface area contributed by atoms with Gasteiger partial charge >= 0.3 is 5.97 Å². The van der Waals surface area contributed by atoms with Gasteiger partial charge < -0.3 is 4.74 Å². The molecule has 1 saturated heterocycles. The van der Waals surface area contributed by atoms with E-state index in [1.165, 1.54) is 23.5 Å². The summed E-state index contributed by atoms with van der Waals surface area (Å²) in [4.78, 5) is 29.0. The summed E-state index contributed by atoms with van der Waals surface area (Å²) in [5.74, 6) is -0.664. The second-order valence-corrected chi connectivity index (χ2v) is 10.6. The summed E-state index contributed by atoms with van der Waals surface area (Å²) in [7, 11) is 0. The molecule has 1 fully saturated rings. The second kappa shape index (κ2) is 9.64. The fourth-order valence-corrected chi connectivity index (χ4v) is 6.72. The second-order valence-electron chi connectivity index (χ2n) is 7.92. The molecule has 2 aliphatic rings. The number of amides is 1. The van der Waals surface area contributed by atoms with Crippen molar-refractivity contribution in [1.29, 1.82) is 0 Å². The molecular weight excluding hydrogens is 478 g/mol. The number of esters is 1. The number of para-hydroxylation sites is 1. The number of benzene rings is 3. The van der Waals surface area contributed by atoms with Gasteiger partial charge in [0.25, 0.3) is 5.91 Å². The number of hydrogen-bond donors (Lipinski definition) is 0. The van der Waals surface area contributed by atoms with Crippen LogP contribution in [-0.2, 0) is 14.3 Å². The van der Waals surface area contributed by atoms with Crippen LogP contribution in [0.2, 0.25) is 0 Å². The first-order valence-electron chi connectivity index (χ1n) is 11.2. The highest BCUT2D eigenvalue weighted by molar-refractivity contribution is 8.29. The molecule has 0 N–H and O–H groups in total. The summed E-state index contributed by atoms with van der Waals surface area (Å²) < 4.78 is 4.20. The molecule has 176 valence electrons. The third kappa shape index (κ3) is 4.35. The summed E-state index contributed by atoms with van der Waals surface area (Å²) >= 11 is 2.60. The van der Waals surface area contributed by atoms with Crippen LogP contribution >= 0.6 is 23.5 Å². The number of hydrogen-bond acceptors (Lipinski definition) is 7. The van der Waals surface area contributed by atoms with Crippen LogP contribution in [0.4, 0.5) is 11.4 Å². The van der Waals surface area contributed by atoms with Crippen molar-refractivity contribution in [2.24, 2.45) is 5.10 Å². The number of nitrogens with zero attached hydrogens (tertiary/aromatic N) is 3. The van der Waals surface area contributed by atoms with E-state index in [2.05, 4.69) is 5.10 Å². The van der Waals surface area contributed by atoms with Gasteiger partial charge in [-0.1, -0.05) is 78.0 Å². The molecular formula is C27H23N3O3S2. The van der Waals surface area contributed by atoms with E-state index in [4.69, 9.17) is 4.74 Å². The monoisotopic (exact) mass is 501 g/mol. The molecule has 3 aromatic carbocycles. The van der Waals surface area contributed by atoms with E-state index in [1.54, 1.807) is 16.8 Å². The zero-order valence-corrected chi connectivity index (χ0v) is 20.9. The molecule has 0 aliphatic carbocycles. The molecule has 1 spiro atoms. The Balaban J connectivity index is 1.67. The van der Waals surface area contributed by atoms with E-state index in [-0.39, 0.29) is 17.6 Å². The van der Waals surface area contributed by atoms with E-state index < -0.39 is 10.3 Å². The third-order valence-electron chi connectivity index (χ3n) is 5.47. The van der Waals surface area contributed by atoms with E-state index >= 15 is 0 Å². The fourth-order valence-electron chi connectivity index (χ4n) is 3.85. The van der Waals surface area contributed by atoms with E-state index in [0.717, 1.165) is 16.8 Å². The lowest BCUT2D eigenvalue weighted by molar-refractivity contribution is -0.134. The zero-order chi connectivity index (χ0) is 24.4. The maximum atomic E-state index is 13.9. The molecule has 0 radical (unpaired) electrons. The Morgan fingerprint density at radius 3 is 2.26 bits per heavy atom. The summed E-state index contributed by atoms with van der Waals surface area (Å²) in [5, 5.41) is 6.65. The number of thioether (sulfide) groups is 2. The summed E-state index contributed by atoms with van der Waals surface area (Å²) in [5.41, 5.74) is 3.50. The molecule has 1 amide bonds. The summed E-state index contributed by atoms with van der Waals surface area (Å²) in [6.45, 7) is 4.01. The van der Waals surface area contributed by atoms with E-state index in [9.17, 15) is 9.59 Å². The predicted octanol–water partition coefficient (Wildman–Crippen LogP) is 5.86. The lowest BCUT2D eigenvalue weighted by Gasteiger charge is -2.38. The van der Waals surface area contributed by atoms with Gasteiger partial charge in [-0.25, -0.2) is 9.80 Å². The largest absolute Gasteiger partial charge is 0.461 e. The lowest BCUT2D eigenvalue weighted by atomic mass is 10.2. The molecule has 2 heterocycles. The lowest BCUT2D eigenvalue weighted by Crippen LogP contribution is -2.51. The van der Waals surface area contributed by atoms with Gasteiger partial charge in [-0.05, 0) is 61.5 Å². The topological polar surface area (TPSA) is 62.2 Å². The Morgan fingerprint density at radius 2 is 1.60 bits per heavy atom. The van der Waals surface area contributed by atoms with Crippen LogP contribution in [0.25, 0.3) is 6.08 Å². The first-order chi connectivity index (χ1) is 17.0. The molecule has 35 heavy (non-hydrogen) atoms. The molecule has 8 heteroatoms. The minimum atomic E-state index is -1.07. The molecule has 5 rings (SSSR count). The summed E-state index contributed by atoms with van der Waals surface area (Å²) in [6.07, 6.45) is 1.88. The first kappa shape index (κ1) is 23.3. The molecule has 3 aromatic rings. The molecule has 2 aliphatic heterocycles. The van der Waals surface area contributed by atoms with E-state index in [0.29, 0.717) is 10.6 Å².